The van der Waals surface area contributed by atoms with Gasteiger partial charge in [0, 0.05) is 50.6 Å². The van der Waals surface area contributed by atoms with Crippen LogP contribution in [0.1, 0.15) is 23.1 Å². The van der Waals surface area contributed by atoms with E-state index in [2.05, 4.69) is 16.8 Å². The van der Waals surface area contributed by atoms with E-state index in [-0.39, 0.29) is 37.3 Å². The summed E-state index contributed by atoms with van der Waals surface area (Å²) < 4.78 is 15.5. The Hall–Kier alpha value is -4.97. The number of nitrogens with zero attached hydrogens (tertiary/aromatic N) is 3. The third kappa shape index (κ3) is 8.10. The van der Waals surface area contributed by atoms with Crippen molar-refractivity contribution in [2.75, 3.05) is 65.1 Å². The van der Waals surface area contributed by atoms with Crippen molar-refractivity contribution < 1.29 is 33.4 Å². The van der Waals surface area contributed by atoms with E-state index in [9.17, 15) is 19.2 Å². The number of amidine groups is 1. The van der Waals surface area contributed by atoms with Crippen LogP contribution in [0.5, 0.6) is 0 Å². The number of hydrogen-bond donors (Lipinski definition) is 2. The largest absolute Gasteiger partial charge is 0.456 e. The highest BCUT2D eigenvalue weighted by molar-refractivity contribution is 6.29. The number of aryl methyl sites for hydroxylation is 1. The van der Waals surface area contributed by atoms with Gasteiger partial charge >= 0.3 is 12.1 Å². The topological polar surface area (TPSA) is 142 Å². The van der Waals surface area contributed by atoms with Gasteiger partial charge in [0.05, 0.1) is 25.3 Å². The Bertz CT molecular complexity index is 1430. The average Bonchev–Trinajstić information content (AvgIpc) is 3.38. The second kappa shape index (κ2) is 15.0. The first-order chi connectivity index (χ1) is 21.2. The quantitative estimate of drug-likeness (QED) is 0.173. The van der Waals surface area contributed by atoms with Crippen LogP contribution in [-0.4, -0.2) is 99.7 Å². The van der Waals surface area contributed by atoms with E-state index in [0.717, 1.165) is 16.8 Å². The molecule has 0 bridgehead atoms. The van der Waals surface area contributed by atoms with Gasteiger partial charge < -0.3 is 28.9 Å². The zero-order valence-corrected chi connectivity index (χ0v) is 25.0. The van der Waals surface area contributed by atoms with E-state index < -0.39 is 12.1 Å². The van der Waals surface area contributed by atoms with Gasteiger partial charge in [-0.05, 0) is 41.8 Å². The van der Waals surface area contributed by atoms with Crippen LogP contribution in [0.3, 0.4) is 0 Å². The van der Waals surface area contributed by atoms with Crippen LogP contribution in [0.15, 0.2) is 66.9 Å². The van der Waals surface area contributed by atoms with Gasteiger partial charge in [-0.3, -0.25) is 25.1 Å². The summed E-state index contributed by atoms with van der Waals surface area (Å²) in [6, 6.07) is 14.4. The molecule has 2 aliphatic rings. The van der Waals surface area contributed by atoms with Crippen molar-refractivity contribution in [2.45, 2.75) is 12.8 Å². The number of amides is 3. The summed E-state index contributed by atoms with van der Waals surface area (Å²) in [5, 5.41) is 10.5. The summed E-state index contributed by atoms with van der Waals surface area (Å²) in [4.78, 5) is 54.7. The highest BCUT2D eigenvalue weighted by atomic mass is 16.5. The van der Waals surface area contributed by atoms with Crippen molar-refractivity contribution in [3.63, 3.8) is 0 Å². The van der Waals surface area contributed by atoms with E-state index in [0.29, 0.717) is 56.1 Å². The molecule has 12 nitrogen and oxygen atoms in total. The van der Waals surface area contributed by atoms with Gasteiger partial charge in [-0.2, -0.15) is 0 Å². The monoisotopic (exact) mass is 603 g/mol. The molecule has 12 heteroatoms. The molecule has 2 aromatic rings. The van der Waals surface area contributed by atoms with Gasteiger partial charge in [0.15, 0.2) is 6.61 Å². The molecule has 3 amide bonds. The Morgan fingerprint density at radius 3 is 2.36 bits per heavy atom. The third-order valence-electron chi connectivity index (χ3n) is 7.19. The standard InChI is InChI=1S/C32H37N5O7/c1-4-17-43-32(41)34-30(33)24-10-12-25(13-11-24)37-20-26(36-15-18-42-19-16-36)29(31(37)40)23-8-5-22(6-9-23)7-14-28(39)44-21-27(38)35(2)3/h4-6,8-13H,1,7,14-21H2,2-3H3,(H2,33,34,41). The lowest BCUT2D eigenvalue weighted by molar-refractivity contribution is -0.151. The zero-order valence-electron chi connectivity index (χ0n) is 25.0. The van der Waals surface area contributed by atoms with Crippen LogP contribution in [0.4, 0.5) is 10.5 Å². The van der Waals surface area contributed by atoms with Crippen molar-refractivity contribution in [3.05, 3.63) is 83.6 Å². The molecule has 2 aromatic carbocycles. The summed E-state index contributed by atoms with van der Waals surface area (Å²) in [5.74, 6) is -1.01. The fourth-order valence-electron chi connectivity index (χ4n) is 4.73. The van der Waals surface area contributed by atoms with Crippen molar-refractivity contribution in [2.24, 2.45) is 0 Å². The number of nitrogens with one attached hydrogen (secondary N) is 2. The summed E-state index contributed by atoms with van der Waals surface area (Å²) in [7, 11) is 3.20. The molecule has 1 saturated heterocycles. The van der Waals surface area contributed by atoms with Crippen molar-refractivity contribution >= 4 is 41.0 Å². The number of alkyl carbamates (subject to hydrolysis) is 1. The normalized spacial score (nSPS) is 14.7. The minimum Gasteiger partial charge on any atom is -0.456 e. The first kappa shape index (κ1) is 32.0. The van der Waals surface area contributed by atoms with Gasteiger partial charge in [0.25, 0.3) is 11.8 Å². The third-order valence-corrected chi connectivity index (χ3v) is 7.19. The van der Waals surface area contributed by atoms with E-state index in [1.54, 1.807) is 43.3 Å². The van der Waals surface area contributed by atoms with Gasteiger partial charge in [-0.25, -0.2) is 4.79 Å². The maximum Gasteiger partial charge on any atom is 0.413 e. The highest BCUT2D eigenvalue weighted by Crippen LogP contribution is 2.34. The summed E-state index contributed by atoms with van der Waals surface area (Å²) in [6.45, 7) is 6.08. The maximum atomic E-state index is 13.9. The van der Waals surface area contributed by atoms with Crippen LogP contribution in [0, 0.1) is 5.41 Å². The lowest BCUT2D eigenvalue weighted by atomic mass is 10.0. The molecule has 44 heavy (non-hydrogen) atoms. The molecule has 2 N–H and O–H groups in total. The lowest BCUT2D eigenvalue weighted by Gasteiger charge is -2.30. The maximum absolute atomic E-state index is 13.9. The number of anilines is 1. The summed E-state index contributed by atoms with van der Waals surface area (Å²) in [6.07, 6.45) is 1.26. The molecular weight excluding hydrogens is 566 g/mol. The molecule has 2 aliphatic heterocycles. The Morgan fingerprint density at radius 2 is 1.73 bits per heavy atom. The Labute approximate surface area is 256 Å². The molecule has 1 fully saturated rings. The molecule has 0 aliphatic carbocycles. The fraction of sp³-hybridized carbons (Fsp3) is 0.344. The number of benzene rings is 2. The van der Waals surface area contributed by atoms with Gasteiger partial charge in [0.2, 0.25) is 0 Å². The molecule has 2 heterocycles. The number of esters is 1. The number of carbonyl (C=O) groups is 4. The molecule has 0 atom stereocenters. The smallest absolute Gasteiger partial charge is 0.413 e. The van der Waals surface area contributed by atoms with Gasteiger partial charge in [0.1, 0.15) is 12.4 Å². The molecule has 232 valence electrons. The first-order valence-corrected chi connectivity index (χ1v) is 14.2. The molecule has 0 unspecified atom stereocenters. The van der Waals surface area contributed by atoms with Crippen LogP contribution < -0.4 is 10.2 Å². The molecule has 0 radical (unpaired) electrons. The fourth-order valence-corrected chi connectivity index (χ4v) is 4.73. The van der Waals surface area contributed by atoms with E-state index in [4.69, 9.17) is 19.6 Å². The van der Waals surface area contributed by atoms with Gasteiger partial charge in [-0.15, -0.1) is 0 Å². The molecular formula is C32H37N5O7. The number of morpholine rings is 1. The van der Waals surface area contributed by atoms with Crippen molar-refractivity contribution in [1.82, 2.24) is 15.1 Å². The molecule has 0 spiro atoms. The summed E-state index contributed by atoms with van der Waals surface area (Å²) >= 11 is 0. The Balaban J connectivity index is 1.46. The SMILES string of the molecule is C=CCOC(=O)NC(=N)c1ccc(N2CC(N3CCOCC3)=C(c3ccc(CCC(=O)OCC(=O)N(C)C)cc3)C2=O)cc1. The van der Waals surface area contributed by atoms with E-state index >= 15 is 0 Å². The first-order valence-electron chi connectivity index (χ1n) is 14.2. The van der Waals surface area contributed by atoms with Crippen molar-refractivity contribution in [1.29, 1.82) is 5.41 Å². The summed E-state index contributed by atoms with van der Waals surface area (Å²) in [5.41, 5.74) is 4.29. The predicted molar refractivity (Wildman–Crippen MR) is 164 cm³/mol. The van der Waals surface area contributed by atoms with Crippen LogP contribution >= 0.6 is 0 Å². The number of rotatable bonds is 11. The number of carbonyl (C=O) groups excluding carboxylic acids is 4. The molecule has 0 aromatic heterocycles. The second-order valence-electron chi connectivity index (χ2n) is 10.4. The minimum absolute atomic E-state index is 0.0355. The van der Waals surface area contributed by atoms with Crippen LogP contribution in [0.25, 0.3) is 5.57 Å². The van der Waals surface area contributed by atoms with Crippen LogP contribution in [0.2, 0.25) is 0 Å². The Morgan fingerprint density at radius 1 is 1.05 bits per heavy atom. The Kier molecular flexibility index (Phi) is 10.9. The minimum atomic E-state index is -0.750. The lowest BCUT2D eigenvalue weighted by Crippen LogP contribution is -2.37. The zero-order chi connectivity index (χ0) is 31.6. The number of likely N-dealkylation sites (N-methyl/N-ethyl adjacent to an activating group) is 1. The van der Waals surface area contributed by atoms with E-state index in [1.165, 1.54) is 11.0 Å². The number of ether oxygens (including phenoxy) is 3. The van der Waals surface area contributed by atoms with Gasteiger partial charge in [-0.1, -0.05) is 36.9 Å². The second-order valence-corrected chi connectivity index (χ2v) is 10.4. The molecule has 0 saturated carbocycles. The molecule has 4 rings (SSSR count). The number of hydrogen-bond acceptors (Lipinski definition) is 9. The highest BCUT2D eigenvalue weighted by Gasteiger charge is 2.35. The average molecular weight is 604 g/mol. The predicted octanol–water partition coefficient (Wildman–Crippen LogP) is 2.58. The van der Waals surface area contributed by atoms with E-state index in [1.807, 2.05) is 24.3 Å². The van der Waals surface area contributed by atoms with Crippen molar-refractivity contribution in [3.8, 4) is 0 Å². The van der Waals surface area contributed by atoms with Crippen LogP contribution in [-0.2, 0) is 35.0 Å².